The Morgan fingerprint density at radius 3 is 2.90 bits per heavy atom. The number of rotatable bonds is 3. The molecule has 2 aromatic heterocycles. The van der Waals surface area contributed by atoms with Crippen LogP contribution in [-0.2, 0) is 0 Å². The van der Waals surface area contributed by atoms with Gasteiger partial charge in [0.05, 0.1) is 11.3 Å². The number of H-pyrrole nitrogens is 1. The quantitative estimate of drug-likeness (QED) is 0.715. The van der Waals surface area contributed by atoms with E-state index in [1.54, 1.807) is 37.4 Å². The number of anilines is 2. The maximum Gasteiger partial charge on any atom is 0.256 e. The molecule has 3 rings (SSSR count). The Balaban J connectivity index is 2.12. The van der Waals surface area contributed by atoms with Crippen LogP contribution in [0.3, 0.4) is 0 Å². The van der Waals surface area contributed by atoms with Crippen LogP contribution in [0.25, 0.3) is 11.0 Å². The highest BCUT2D eigenvalue weighted by molar-refractivity contribution is 6.69. The predicted octanol–water partition coefficient (Wildman–Crippen LogP) is 4.13. The van der Waals surface area contributed by atoms with Gasteiger partial charge < -0.3 is 10.3 Å². The summed E-state index contributed by atoms with van der Waals surface area (Å²) in [6.45, 7) is 1.80. The fourth-order valence-corrected chi connectivity index (χ4v) is 2.37. The van der Waals surface area contributed by atoms with Gasteiger partial charge >= 0.3 is 0 Å². The van der Waals surface area contributed by atoms with Crippen LogP contribution in [0.15, 0.2) is 36.5 Å². The number of nitrogens with one attached hydrogen (secondary N) is 2. The van der Waals surface area contributed by atoms with Crippen LogP contribution in [0.1, 0.15) is 15.9 Å². The Morgan fingerprint density at radius 2 is 2.19 bits per heavy atom. The number of fused-ring (bicyclic) bond motifs is 1. The summed E-state index contributed by atoms with van der Waals surface area (Å²) in [7, 11) is 0. The highest BCUT2D eigenvalue weighted by atomic mass is 35.5. The van der Waals surface area contributed by atoms with E-state index in [1.807, 2.05) is 0 Å². The molecule has 0 aliphatic rings. The lowest BCUT2D eigenvalue weighted by Crippen LogP contribution is -1.99. The molecule has 2 N–H and O–H groups in total. The molecule has 0 aliphatic heterocycles. The average Bonchev–Trinajstić information content (AvgIpc) is 2.80. The summed E-state index contributed by atoms with van der Waals surface area (Å²) in [4.78, 5) is 18.7. The first-order valence-corrected chi connectivity index (χ1v) is 6.64. The molecule has 0 amide bonds. The van der Waals surface area contributed by atoms with Gasteiger partial charge in [0.1, 0.15) is 17.3 Å². The number of benzene rings is 1. The van der Waals surface area contributed by atoms with Crippen LogP contribution >= 0.6 is 11.6 Å². The van der Waals surface area contributed by atoms with Crippen molar-refractivity contribution in [3.63, 3.8) is 0 Å². The van der Waals surface area contributed by atoms with Gasteiger partial charge in [0, 0.05) is 11.6 Å². The first kappa shape index (κ1) is 13.6. The molecular weight excluding hydrogens is 293 g/mol. The number of aromatic amines is 1. The number of nitrogens with zero attached hydrogens (tertiary/aromatic N) is 1. The van der Waals surface area contributed by atoms with Crippen molar-refractivity contribution in [1.29, 1.82) is 0 Å². The number of hydrogen-bond acceptors (Lipinski definition) is 3. The van der Waals surface area contributed by atoms with E-state index >= 15 is 0 Å². The lowest BCUT2D eigenvalue weighted by Gasteiger charge is -2.07. The van der Waals surface area contributed by atoms with Gasteiger partial charge in [-0.05, 0) is 48.4 Å². The zero-order valence-electron chi connectivity index (χ0n) is 11.1. The number of carbonyl (C=O) groups is 1. The van der Waals surface area contributed by atoms with Crippen LogP contribution in [0.2, 0.25) is 0 Å². The molecule has 4 nitrogen and oxygen atoms in total. The second kappa shape index (κ2) is 5.18. The molecule has 0 unspecified atom stereocenters. The molecule has 106 valence electrons. The van der Waals surface area contributed by atoms with Crippen molar-refractivity contribution in [3.05, 3.63) is 53.5 Å². The van der Waals surface area contributed by atoms with E-state index in [0.29, 0.717) is 16.9 Å². The van der Waals surface area contributed by atoms with Gasteiger partial charge in [-0.3, -0.25) is 4.79 Å². The zero-order chi connectivity index (χ0) is 15.0. The van der Waals surface area contributed by atoms with E-state index in [0.717, 1.165) is 5.56 Å². The van der Waals surface area contributed by atoms with Gasteiger partial charge in [-0.2, -0.15) is 0 Å². The molecule has 0 saturated carbocycles. The van der Waals surface area contributed by atoms with E-state index in [-0.39, 0.29) is 11.3 Å². The summed E-state index contributed by atoms with van der Waals surface area (Å²) in [5.41, 5.74) is 1.83. The Bertz CT molecular complexity index is 844. The van der Waals surface area contributed by atoms with Crippen LogP contribution in [0, 0.1) is 12.7 Å². The lowest BCUT2D eigenvalue weighted by molar-refractivity contribution is 0.108. The number of aryl methyl sites for hydroxylation is 1. The lowest BCUT2D eigenvalue weighted by atomic mass is 10.2. The summed E-state index contributed by atoms with van der Waals surface area (Å²) >= 11 is 5.64. The monoisotopic (exact) mass is 303 g/mol. The van der Waals surface area contributed by atoms with Crippen molar-refractivity contribution in [3.8, 4) is 0 Å². The molecule has 3 aromatic rings. The highest BCUT2D eigenvalue weighted by Gasteiger charge is 2.18. The smallest absolute Gasteiger partial charge is 0.256 e. The Morgan fingerprint density at radius 1 is 1.38 bits per heavy atom. The second-order valence-electron chi connectivity index (χ2n) is 4.66. The molecule has 0 fully saturated rings. The summed E-state index contributed by atoms with van der Waals surface area (Å²) in [5, 5.41) is 2.82. The Labute approximate surface area is 125 Å². The van der Waals surface area contributed by atoms with E-state index in [9.17, 15) is 9.18 Å². The zero-order valence-corrected chi connectivity index (χ0v) is 11.8. The van der Waals surface area contributed by atoms with Gasteiger partial charge in [-0.1, -0.05) is 6.07 Å². The van der Waals surface area contributed by atoms with E-state index in [2.05, 4.69) is 15.3 Å². The highest BCUT2D eigenvalue weighted by Crippen LogP contribution is 2.29. The Hall–Kier alpha value is -2.40. The Kier molecular flexibility index (Phi) is 3.35. The molecule has 0 aliphatic carbocycles. The number of hydrogen-bond donors (Lipinski definition) is 2. The topological polar surface area (TPSA) is 57.8 Å². The minimum absolute atomic E-state index is 0.250. The molecule has 6 heteroatoms. The fraction of sp³-hybridized carbons (Fsp3) is 0.0667. The number of pyridine rings is 1. The van der Waals surface area contributed by atoms with Crippen LogP contribution in [0.5, 0.6) is 0 Å². The molecule has 0 bridgehead atoms. The van der Waals surface area contributed by atoms with Crippen LogP contribution in [0.4, 0.5) is 15.9 Å². The first-order valence-electron chi connectivity index (χ1n) is 6.26. The van der Waals surface area contributed by atoms with Crippen LogP contribution in [-0.4, -0.2) is 15.2 Å². The number of aromatic nitrogens is 2. The predicted molar refractivity (Wildman–Crippen MR) is 80.7 cm³/mol. The van der Waals surface area contributed by atoms with Crippen molar-refractivity contribution < 1.29 is 9.18 Å². The van der Waals surface area contributed by atoms with E-state index < -0.39 is 11.1 Å². The normalized spacial score (nSPS) is 10.8. The SMILES string of the molecule is Cc1ccc(Nc2[nH]c3ncccc3c2C(=O)Cl)c(F)c1. The average molecular weight is 304 g/mol. The van der Waals surface area contributed by atoms with E-state index in [4.69, 9.17) is 11.6 Å². The third-order valence-corrected chi connectivity index (χ3v) is 3.34. The van der Waals surface area contributed by atoms with Crippen molar-refractivity contribution >= 4 is 39.4 Å². The molecule has 0 saturated heterocycles. The molecular formula is C15H11ClFN3O. The molecule has 0 atom stereocenters. The molecule has 21 heavy (non-hydrogen) atoms. The number of halogens is 2. The van der Waals surface area contributed by atoms with Crippen molar-refractivity contribution in [2.75, 3.05) is 5.32 Å². The summed E-state index contributed by atoms with van der Waals surface area (Å²) < 4.78 is 13.9. The fourth-order valence-electron chi connectivity index (χ4n) is 2.18. The largest absolute Gasteiger partial charge is 0.339 e. The van der Waals surface area contributed by atoms with Crippen LogP contribution < -0.4 is 5.32 Å². The van der Waals surface area contributed by atoms with E-state index in [1.165, 1.54) is 6.07 Å². The summed E-state index contributed by atoms with van der Waals surface area (Å²) in [5.74, 6) is -0.0824. The standard InChI is InChI=1S/C15H11ClFN3O/c1-8-4-5-11(10(17)7-8)19-15-12(13(16)21)9-3-2-6-18-14(9)20-15/h2-7,19H,1H3,(H,18,20). The van der Waals surface area contributed by atoms with Gasteiger partial charge in [-0.25, -0.2) is 9.37 Å². The molecule has 1 aromatic carbocycles. The minimum Gasteiger partial charge on any atom is -0.339 e. The number of carbonyl (C=O) groups excluding carboxylic acids is 1. The molecule has 2 heterocycles. The molecule has 0 radical (unpaired) electrons. The van der Waals surface area contributed by atoms with Gasteiger partial charge in [0.25, 0.3) is 5.24 Å². The van der Waals surface area contributed by atoms with Gasteiger partial charge in [0.2, 0.25) is 0 Å². The van der Waals surface area contributed by atoms with Gasteiger partial charge in [-0.15, -0.1) is 0 Å². The maximum atomic E-state index is 13.9. The minimum atomic E-state index is -0.635. The van der Waals surface area contributed by atoms with Crippen molar-refractivity contribution in [2.45, 2.75) is 6.92 Å². The summed E-state index contributed by atoms with van der Waals surface area (Å²) in [6.07, 6.45) is 1.59. The maximum absolute atomic E-state index is 13.9. The van der Waals surface area contributed by atoms with Gasteiger partial charge in [0.15, 0.2) is 0 Å². The summed E-state index contributed by atoms with van der Waals surface area (Å²) in [6, 6.07) is 8.22. The third-order valence-electron chi connectivity index (χ3n) is 3.15. The third kappa shape index (κ3) is 2.48. The van der Waals surface area contributed by atoms with Crippen molar-refractivity contribution in [2.24, 2.45) is 0 Å². The second-order valence-corrected chi connectivity index (χ2v) is 5.00. The molecule has 0 spiro atoms. The van der Waals surface area contributed by atoms with Crippen molar-refractivity contribution in [1.82, 2.24) is 9.97 Å². The first-order chi connectivity index (χ1) is 10.1.